The van der Waals surface area contributed by atoms with E-state index in [-0.39, 0.29) is 18.3 Å². The van der Waals surface area contributed by atoms with E-state index in [1.807, 2.05) is 6.92 Å². The van der Waals surface area contributed by atoms with E-state index in [9.17, 15) is 4.79 Å². The zero-order valence-electron chi connectivity index (χ0n) is 9.96. The van der Waals surface area contributed by atoms with Crippen molar-refractivity contribution in [2.24, 2.45) is 0 Å². The second kappa shape index (κ2) is 6.31. The molecule has 2 N–H and O–H groups in total. The molecule has 1 rings (SSSR count). The number of nitrogens with zero attached hydrogens (tertiary/aromatic N) is 3. The Hall–Kier alpha value is -1.47. The van der Waals surface area contributed by atoms with Crippen molar-refractivity contribution in [1.29, 1.82) is 0 Å². The van der Waals surface area contributed by atoms with Gasteiger partial charge in [-0.25, -0.2) is 9.48 Å². The summed E-state index contributed by atoms with van der Waals surface area (Å²) in [6.07, 6.45) is 0.934. The molecule has 0 spiro atoms. The summed E-state index contributed by atoms with van der Waals surface area (Å²) in [6, 6.07) is -0.0903. The number of methoxy groups -OCH3 is 1. The molecular formula is C10H17N3O4. The highest BCUT2D eigenvalue weighted by molar-refractivity contribution is 5.86. The van der Waals surface area contributed by atoms with Gasteiger partial charge >= 0.3 is 5.97 Å². The fraction of sp³-hybridized carbons (Fsp3) is 0.700. The van der Waals surface area contributed by atoms with Crippen LogP contribution in [0.2, 0.25) is 0 Å². The number of aromatic nitrogens is 3. The average Bonchev–Trinajstić information content (AvgIpc) is 2.70. The largest absolute Gasteiger partial charge is 0.476 e. The molecule has 1 atom stereocenters. The molecule has 1 aromatic heterocycles. The molecular weight excluding hydrogens is 226 g/mol. The second-order valence-electron chi connectivity index (χ2n) is 3.74. The first-order chi connectivity index (χ1) is 8.11. The highest BCUT2D eigenvalue weighted by Gasteiger charge is 2.21. The third kappa shape index (κ3) is 3.24. The Morgan fingerprint density at radius 2 is 2.29 bits per heavy atom. The number of carbonyl (C=O) groups is 1. The van der Waals surface area contributed by atoms with E-state index in [1.54, 1.807) is 11.8 Å². The van der Waals surface area contributed by atoms with Crippen molar-refractivity contribution in [3.63, 3.8) is 0 Å². The van der Waals surface area contributed by atoms with Crippen molar-refractivity contribution in [2.75, 3.05) is 20.3 Å². The number of aliphatic hydroxyl groups is 1. The summed E-state index contributed by atoms with van der Waals surface area (Å²) in [7, 11) is 1.55. The summed E-state index contributed by atoms with van der Waals surface area (Å²) in [5.74, 6) is -1.10. The van der Waals surface area contributed by atoms with Crippen LogP contribution < -0.4 is 0 Å². The number of hydrogen-bond donors (Lipinski definition) is 2. The zero-order chi connectivity index (χ0) is 12.8. The molecule has 1 aromatic rings. The van der Waals surface area contributed by atoms with Crippen molar-refractivity contribution in [3.8, 4) is 0 Å². The Balaban J connectivity index is 2.99. The molecule has 7 heteroatoms. The van der Waals surface area contributed by atoms with Crippen molar-refractivity contribution in [3.05, 3.63) is 11.4 Å². The van der Waals surface area contributed by atoms with E-state index in [0.29, 0.717) is 25.1 Å². The summed E-state index contributed by atoms with van der Waals surface area (Å²) in [5.41, 5.74) is 0.479. The average molecular weight is 243 g/mol. The maximum atomic E-state index is 11.0. The molecule has 7 nitrogen and oxygen atoms in total. The van der Waals surface area contributed by atoms with Crippen LogP contribution in [0.25, 0.3) is 0 Å². The smallest absolute Gasteiger partial charge is 0.358 e. The lowest BCUT2D eigenvalue weighted by Gasteiger charge is -2.13. The Morgan fingerprint density at radius 3 is 2.82 bits per heavy atom. The van der Waals surface area contributed by atoms with Gasteiger partial charge in [0, 0.05) is 20.1 Å². The molecule has 0 aliphatic heterocycles. The monoisotopic (exact) mass is 243 g/mol. The molecule has 0 amide bonds. The van der Waals surface area contributed by atoms with Gasteiger partial charge in [0.15, 0.2) is 5.69 Å². The zero-order valence-corrected chi connectivity index (χ0v) is 9.96. The molecule has 17 heavy (non-hydrogen) atoms. The van der Waals surface area contributed by atoms with Gasteiger partial charge < -0.3 is 14.9 Å². The molecule has 0 saturated carbocycles. The van der Waals surface area contributed by atoms with Crippen molar-refractivity contribution < 1.29 is 19.7 Å². The molecule has 0 bridgehead atoms. The van der Waals surface area contributed by atoms with Gasteiger partial charge in [-0.15, -0.1) is 5.10 Å². The number of ether oxygens (including phenoxy) is 1. The number of carboxylic acid groups (broad SMARTS) is 1. The Morgan fingerprint density at radius 1 is 1.59 bits per heavy atom. The van der Waals surface area contributed by atoms with Gasteiger partial charge in [0.2, 0.25) is 0 Å². The lowest BCUT2D eigenvalue weighted by Crippen LogP contribution is -2.15. The van der Waals surface area contributed by atoms with Gasteiger partial charge in [-0.2, -0.15) is 0 Å². The predicted molar refractivity (Wildman–Crippen MR) is 59.0 cm³/mol. The minimum atomic E-state index is -1.10. The third-order valence-electron chi connectivity index (χ3n) is 2.50. The third-order valence-corrected chi connectivity index (χ3v) is 2.50. The van der Waals surface area contributed by atoms with Gasteiger partial charge in [-0.1, -0.05) is 5.21 Å². The maximum Gasteiger partial charge on any atom is 0.358 e. The molecule has 0 fully saturated rings. The molecule has 0 radical (unpaired) electrons. The van der Waals surface area contributed by atoms with E-state index < -0.39 is 5.97 Å². The standard InChI is InChI=1S/C10H17N3O4/c1-7(3-5-14)13-8(4-6-17-2)9(10(15)16)11-12-13/h7,14H,3-6H2,1-2H3,(H,15,16). The van der Waals surface area contributed by atoms with Crippen LogP contribution in [0.1, 0.15) is 35.6 Å². The van der Waals surface area contributed by atoms with E-state index >= 15 is 0 Å². The van der Waals surface area contributed by atoms with Crippen LogP contribution >= 0.6 is 0 Å². The number of aliphatic hydroxyl groups excluding tert-OH is 1. The molecule has 0 aromatic carbocycles. The lowest BCUT2D eigenvalue weighted by molar-refractivity contribution is 0.0688. The van der Waals surface area contributed by atoms with Crippen LogP contribution in [0.3, 0.4) is 0 Å². The highest BCUT2D eigenvalue weighted by Crippen LogP contribution is 2.15. The van der Waals surface area contributed by atoms with Crippen LogP contribution in [0.5, 0.6) is 0 Å². The minimum Gasteiger partial charge on any atom is -0.476 e. The summed E-state index contributed by atoms with van der Waals surface area (Å²) in [6.45, 7) is 2.28. The molecule has 0 saturated heterocycles. The molecule has 96 valence electrons. The van der Waals surface area contributed by atoms with Crippen molar-refractivity contribution in [1.82, 2.24) is 15.0 Å². The summed E-state index contributed by atoms with van der Waals surface area (Å²) >= 11 is 0. The number of hydrogen-bond acceptors (Lipinski definition) is 5. The van der Waals surface area contributed by atoms with Crippen LogP contribution in [0.4, 0.5) is 0 Å². The fourth-order valence-corrected chi connectivity index (χ4v) is 1.57. The SMILES string of the molecule is COCCc1c(C(=O)O)nnn1C(C)CCO. The molecule has 0 aliphatic rings. The van der Waals surface area contributed by atoms with Gasteiger partial charge in [-0.05, 0) is 13.3 Å². The van der Waals surface area contributed by atoms with Gasteiger partial charge in [0.1, 0.15) is 0 Å². The van der Waals surface area contributed by atoms with Gasteiger partial charge in [0.25, 0.3) is 0 Å². The maximum absolute atomic E-state index is 11.0. The van der Waals surface area contributed by atoms with E-state index in [1.165, 1.54) is 0 Å². The molecule has 1 unspecified atom stereocenters. The quantitative estimate of drug-likeness (QED) is 0.705. The van der Waals surface area contributed by atoms with Crippen LogP contribution in [-0.2, 0) is 11.2 Å². The van der Waals surface area contributed by atoms with Gasteiger partial charge in [0.05, 0.1) is 18.3 Å². The van der Waals surface area contributed by atoms with Crippen LogP contribution in [-0.4, -0.2) is 51.5 Å². The first-order valence-corrected chi connectivity index (χ1v) is 5.39. The lowest BCUT2D eigenvalue weighted by atomic mass is 10.2. The number of carboxylic acids is 1. The topological polar surface area (TPSA) is 97.5 Å². The minimum absolute atomic E-state index is 0.0210. The predicted octanol–water partition coefficient (Wildman–Crippen LogP) is 0.109. The summed E-state index contributed by atoms with van der Waals surface area (Å²) < 4.78 is 6.47. The Bertz CT molecular complexity index is 378. The highest BCUT2D eigenvalue weighted by atomic mass is 16.5. The van der Waals surface area contributed by atoms with E-state index in [0.717, 1.165) is 0 Å². The van der Waals surface area contributed by atoms with Crippen molar-refractivity contribution >= 4 is 5.97 Å². The first-order valence-electron chi connectivity index (χ1n) is 5.39. The van der Waals surface area contributed by atoms with Crippen LogP contribution in [0, 0.1) is 0 Å². The number of aromatic carboxylic acids is 1. The van der Waals surface area contributed by atoms with Crippen molar-refractivity contribution in [2.45, 2.75) is 25.8 Å². The number of rotatable bonds is 7. The normalized spacial score (nSPS) is 12.6. The van der Waals surface area contributed by atoms with E-state index in [2.05, 4.69) is 10.3 Å². The Labute approximate surface area is 99.0 Å². The summed E-state index contributed by atoms with van der Waals surface area (Å²) in [5, 5.41) is 25.3. The summed E-state index contributed by atoms with van der Waals surface area (Å²) in [4.78, 5) is 11.0. The molecule has 1 heterocycles. The fourth-order valence-electron chi connectivity index (χ4n) is 1.57. The molecule has 0 aliphatic carbocycles. The van der Waals surface area contributed by atoms with Crippen LogP contribution in [0.15, 0.2) is 0 Å². The first kappa shape index (κ1) is 13.6. The van der Waals surface area contributed by atoms with E-state index in [4.69, 9.17) is 14.9 Å². The second-order valence-corrected chi connectivity index (χ2v) is 3.74. The Kier molecular flexibility index (Phi) is 5.05. The van der Waals surface area contributed by atoms with Gasteiger partial charge in [-0.3, -0.25) is 0 Å².